The van der Waals surface area contributed by atoms with E-state index in [-0.39, 0.29) is 18.4 Å². The zero-order valence-corrected chi connectivity index (χ0v) is 13.0. The molecule has 1 aliphatic heterocycles. The molecule has 8 nitrogen and oxygen atoms in total. The highest BCUT2D eigenvalue weighted by molar-refractivity contribution is 5.98. The molecular weight excluding hydrogens is 298 g/mol. The lowest BCUT2D eigenvalue weighted by atomic mass is 10.1. The van der Waals surface area contributed by atoms with Gasteiger partial charge in [-0.25, -0.2) is 9.75 Å². The van der Waals surface area contributed by atoms with Crippen molar-refractivity contribution in [3.05, 3.63) is 42.0 Å². The van der Waals surface area contributed by atoms with Crippen molar-refractivity contribution in [3.63, 3.8) is 0 Å². The van der Waals surface area contributed by atoms with Crippen molar-refractivity contribution in [1.82, 2.24) is 24.7 Å². The third-order valence-electron chi connectivity index (χ3n) is 3.79. The Morgan fingerprint density at radius 2 is 2.30 bits per heavy atom. The summed E-state index contributed by atoms with van der Waals surface area (Å²) in [6.45, 7) is 0.444. The third-order valence-corrected chi connectivity index (χ3v) is 3.79. The Kier molecular flexibility index (Phi) is 4.07. The van der Waals surface area contributed by atoms with Gasteiger partial charge in [0.2, 0.25) is 0 Å². The molecule has 120 valence electrons. The van der Waals surface area contributed by atoms with Crippen molar-refractivity contribution in [2.45, 2.75) is 6.42 Å². The van der Waals surface area contributed by atoms with E-state index in [0.717, 1.165) is 16.4 Å². The molecule has 3 rings (SSSR count). The number of rotatable bonds is 4. The lowest BCUT2D eigenvalue weighted by Crippen LogP contribution is -2.44. The molecule has 0 saturated carbocycles. The summed E-state index contributed by atoms with van der Waals surface area (Å²) in [6.07, 6.45) is 5.65. The first kappa shape index (κ1) is 15.2. The molecular formula is C15H17N5O3. The first-order valence-electron chi connectivity index (χ1n) is 7.19. The molecule has 2 amide bonds. The Morgan fingerprint density at radius 3 is 3.00 bits per heavy atom. The third kappa shape index (κ3) is 2.93. The van der Waals surface area contributed by atoms with Crippen molar-refractivity contribution >= 4 is 11.8 Å². The number of fused-ring (bicyclic) bond motifs is 1. The van der Waals surface area contributed by atoms with Gasteiger partial charge in [-0.2, -0.15) is 5.10 Å². The van der Waals surface area contributed by atoms with E-state index in [1.165, 1.54) is 19.1 Å². The molecule has 0 aliphatic carbocycles. The maximum absolute atomic E-state index is 12.6. The number of hydrogen-bond donors (Lipinski definition) is 0. The van der Waals surface area contributed by atoms with Crippen LogP contribution < -0.4 is 0 Å². The molecule has 0 radical (unpaired) electrons. The van der Waals surface area contributed by atoms with Crippen LogP contribution in [-0.4, -0.2) is 63.8 Å². The average molecular weight is 315 g/mol. The Balaban J connectivity index is 1.80. The second-order valence-corrected chi connectivity index (χ2v) is 5.20. The Labute approximate surface area is 133 Å². The SMILES string of the molecule is CON(C)C(=O)CN1CCc2nn(-c3cccnc3)cc2C1=O. The number of hydroxylamine groups is 2. The molecule has 0 atom stereocenters. The largest absolute Gasteiger partial charge is 0.329 e. The highest BCUT2D eigenvalue weighted by Crippen LogP contribution is 2.19. The zero-order chi connectivity index (χ0) is 16.4. The molecule has 2 aromatic rings. The van der Waals surface area contributed by atoms with Gasteiger partial charge in [0.15, 0.2) is 0 Å². The molecule has 0 bridgehead atoms. The number of pyridine rings is 1. The summed E-state index contributed by atoms with van der Waals surface area (Å²) < 4.78 is 1.64. The molecule has 0 N–H and O–H groups in total. The standard InChI is InChI=1S/C15H17N5O3/c1-18(23-2)14(21)10-19-7-5-13-12(15(19)22)9-20(17-13)11-4-3-6-16-8-11/h3-4,6,8-9H,5,7,10H2,1-2H3. The van der Waals surface area contributed by atoms with Gasteiger partial charge in [0.1, 0.15) is 6.54 Å². The summed E-state index contributed by atoms with van der Waals surface area (Å²) in [5, 5.41) is 5.56. The van der Waals surface area contributed by atoms with Crippen molar-refractivity contribution in [3.8, 4) is 5.69 Å². The van der Waals surface area contributed by atoms with Crippen LogP contribution in [0.5, 0.6) is 0 Å². The van der Waals surface area contributed by atoms with Crippen LogP contribution in [0.2, 0.25) is 0 Å². The summed E-state index contributed by atoms with van der Waals surface area (Å²) in [4.78, 5) is 34.9. The second-order valence-electron chi connectivity index (χ2n) is 5.20. The van der Waals surface area contributed by atoms with Gasteiger partial charge in [-0.05, 0) is 12.1 Å². The topological polar surface area (TPSA) is 80.6 Å². The highest BCUT2D eigenvalue weighted by Gasteiger charge is 2.29. The van der Waals surface area contributed by atoms with Crippen LogP contribution in [0, 0.1) is 0 Å². The fraction of sp³-hybridized carbons (Fsp3) is 0.333. The lowest BCUT2D eigenvalue weighted by molar-refractivity contribution is -0.169. The highest BCUT2D eigenvalue weighted by atomic mass is 16.7. The molecule has 1 aliphatic rings. The molecule has 2 aromatic heterocycles. The van der Waals surface area contributed by atoms with Crippen molar-refractivity contribution in [2.75, 3.05) is 27.2 Å². The lowest BCUT2D eigenvalue weighted by Gasteiger charge is -2.26. The predicted molar refractivity (Wildman–Crippen MR) is 80.7 cm³/mol. The molecule has 0 unspecified atom stereocenters. The molecule has 0 spiro atoms. The minimum absolute atomic E-state index is 0.0132. The predicted octanol–water partition coefficient (Wildman–Crippen LogP) is 0.285. The van der Waals surface area contributed by atoms with E-state index < -0.39 is 0 Å². The monoisotopic (exact) mass is 315 g/mol. The summed E-state index contributed by atoms with van der Waals surface area (Å²) in [6, 6.07) is 3.67. The Morgan fingerprint density at radius 1 is 1.48 bits per heavy atom. The maximum Gasteiger partial charge on any atom is 0.265 e. The summed E-state index contributed by atoms with van der Waals surface area (Å²) in [7, 11) is 2.93. The van der Waals surface area contributed by atoms with E-state index in [0.29, 0.717) is 18.5 Å². The summed E-state index contributed by atoms with van der Waals surface area (Å²) in [5.41, 5.74) is 2.05. The van der Waals surface area contributed by atoms with Gasteiger partial charge in [0, 0.05) is 32.4 Å². The van der Waals surface area contributed by atoms with Gasteiger partial charge in [0.25, 0.3) is 11.8 Å². The van der Waals surface area contributed by atoms with Gasteiger partial charge in [0.05, 0.1) is 30.3 Å². The molecule has 0 aromatic carbocycles. The van der Waals surface area contributed by atoms with E-state index in [2.05, 4.69) is 10.1 Å². The second kappa shape index (κ2) is 6.17. The van der Waals surface area contributed by atoms with Crippen LogP contribution in [0.25, 0.3) is 5.69 Å². The first-order chi connectivity index (χ1) is 11.1. The molecule has 0 saturated heterocycles. The van der Waals surface area contributed by atoms with Crippen LogP contribution in [0.1, 0.15) is 16.1 Å². The van der Waals surface area contributed by atoms with Gasteiger partial charge in [-0.1, -0.05) is 0 Å². The quantitative estimate of drug-likeness (QED) is 0.757. The molecule has 3 heterocycles. The van der Waals surface area contributed by atoms with Crippen molar-refractivity contribution < 1.29 is 14.4 Å². The van der Waals surface area contributed by atoms with Gasteiger partial charge in [-0.3, -0.25) is 19.4 Å². The maximum atomic E-state index is 12.6. The summed E-state index contributed by atoms with van der Waals surface area (Å²) >= 11 is 0. The van der Waals surface area contributed by atoms with Crippen LogP contribution in [-0.2, 0) is 16.1 Å². The molecule has 23 heavy (non-hydrogen) atoms. The fourth-order valence-corrected chi connectivity index (χ4v) is 2.42. The van der Waals surface area contributed by atoms with E-state index >= 15 is 0 Å². The number of aromatic nitrogens is 3. The van der Waals surface area contributed by atoms with Crippen LogP contribution in [0.15, 0.2) is 30.7 Å². The first-order valence-corrected chi connectivity index (χ1v) is 7.19. The number of amides is 2. The van der Waals surface area contributed by atoms with Gasteiger partial charge in [-0.15, -0.1) is 0 Å². The minimum atomic E-state index is -0.274. The molecule has 0 fully saturated rings. The fourth-order valence-electron chi connectivity index (χ4n) is 2.42. The average Bonchev–Trinajstić information content (AvgIpc) is 3.02. The minimum Gasteiger partial charge on any atom is -0.329 e. The smallest absolute Gasteiger partial charge is 0.265 e. The van der Waals surface area contributed by atoms with Crippen LogP contribution in [0.3, 0.4) is 0 Å². The van der Waals surface area contributed by atoms with E-state index in [9.17, 15) is 9.59 Å². The van der Waals surface area contributed by atoms with Gasteiger partial charge >= 0.3 is 0 Å². The molecule has 8 heteroatoms. The number of nitrogens with zero attached hydrogens (tertiary/aromatic N) is 5. The van der Waals surface area contributed by atoms with Crippen LogP contribution >= 0.6 is 0 Å². The normalized spacial score (nSPS) is 13.8. The Hall–Kier alpha value is -2.74. The number of likely N-dealkylation sites (N-methyl/N-ethyl adjacent to an activating group) is 1. The van der Waals surface area contributed by atoms with Gasteiger partial charge < -0.3 is 4.90 Å². The zero-order valence-electron chi connectivity index (χ0n) is 13.0. The van der Waals surface area contributed by atoms with Crippen molar-refractivity contribution in [2.24, 2.45) is 0 Å². The van der Waals surface area contributed by atoms with Crippen molar-refractivity contribution in [1.29, 1.82) is 0 Å². The van der Waals surface area contributed by atoms with E-state index in [4.69, 9.17) is 4.84 Å². The number of hydrogen-bond acceptors (Lipinski definition) is 5. The number of carbonyl (C=O) groups excluding carboxylic acids is 2. The summed E-state index contributed by atoms with van der Waals surface area (Å²) in [5.74, 6) is -0.469. The van der Waals surface area contributed by atoms with Crippen LogP contribution in [0.4, 0.5) is 0 Å². The van der Waals surface area contributed by atoms with E-state index in [1.807, 2.05) is 12.1 Å². The number of carbonyl (C=O) groups is 2. The Bertz CT molecular complexity index is 728. The van der Waals surface area contributed by atoms with E-state index in [1.54, 1.807) is 23.3 Å².